The molecule has 3 N–H and O–H groups in total. The summed E-state index contributed by atoms with van der Waals surface area (Å²) in [5, 5.41) is 4.33. The summed E-state index contributed by atoms with van der Waals surface area (Å²) in [7, 11) is -4.06. The Kier molecular flexibility index (Phi) is 8.62. The van der Waals surface area contributed by atoms with Crippen molar-refractivity contribution >= 4 is 66.0 Å². The van der Waals surface area contributed by atoms with Crippen LogP contribution in [0.15, 0.2) is 94.9 Å². The van der Waals surface area contributed by atoms with Gasteiger partial charge in [-0.25, -0.2) is 0 Å². The van der Waals surface area contributed by atoms with E-state index >= 15 is 0 Å². The molecule has 0 saturated carbocycles. The van der Waals surface area contributed by atoms with Crippen LogP contribution in [0.2, 0.25) is 0 Å². The van der Waals surface area contributed by atoms with Crippen molar-refractivity contribution in [2.75, 3.05) is 37.0 Å². The van der Waals surface area contributed by atoms with Gasteiger partial charge in [0, 0.05) is 24.4 Å². The lowest BCUT2D eigenvalue weighted by molar-refractivity contribution is -0.667. The first-order valence-electron chi connectivity index (χ1n) is 13.8. The molecule has 0 spiro atoms. The molecular formula is C32H32N3O4S3+. The molecule has 42 heavy (non-hydrogen) atoms. The van der Waals surface area contributed by atoms with Crippen molar-refractivity contribution in [1.29, 1.82) is 0 Å². The third kappa shape index (κ3) is 6.24. The number of nitrogens with two attached hydrogens (primary N) is 1. The summed E-state index contributed by atoms with van der Waals surface area (Å²) in [4.78, 5) is 3.47. The zero-order valence-corrected chi connectivity index (χ0v) is 25.4. The molecule has 10 heteroatoms. The number of anilines is 1. The van der Waals surface area contributed by atoms with E-state index in [4.69, 9.17) is 10.5 Å². The highest BCUT2D eigenvalue weighted by Gasteiger charge is 2.29. The lowest BCUT2D eigenvalue weighted by Gasteiger charge is -2.20. The predicted octanol–water partition coefficient (Wildman–Crippen LogP) is 6.17. The van der Waals surface area contributed by atoms with Gasteiger partial charge in [-0.15, -0.1) is 0 Å². The smallest absolute Gasteiger partial charge is 0.265 e. The molecule has 1 aliphatic heterocycles. The maximum Gasteiger partial charge on any atom is 0.265 e. The van der Waals surface area contributed by atoms with Crippen LogP contribution < -0.4 is 15.2 Å². The van der Waals surface area contributed by atoms with E-state index in [1.807, 2.05) is 30.3 Å². The predicted molar refractivity (Wildman–Crippen MR) is 173 cm³/mol. The van der Waals surface area contributed by atoms with Crippen molar-refractivity contribution in [2.24, 2.45) is 5.73 Å². The molecule has 0 saturated heterocycles. The van der Waals surface area contributed by atoms with Crippen LogP contribution in [0, 0.1) is 0 Å². The molecule has 216 valence electrons. The summed E-state index contributed by atoms with van der Waals surface area (Å²) in [6, 6.07) is 29.4. The number of benzene rings is 4. The normalized spacial score (nSPS) is 14.3. The molecule has 0 aliphatic carbocycles. The van der Waals surface area contributed by atoms with Gasteiger partial charge in [0.1, 0.15) is 4.70 Å². The van der Waals surface area contributed by atoms with Crippen LogP contribution in [0.4, 0.5) is 5.69 Å². The Morgan fingerprint density at radius 1 is 0.952 bits per heavy atom. The molecule has 6 rings (SSSR count). The largest absolute Gasteiger partial charge is 0.378 e. The minimum absolute atomic E-state index is 0.287. The number of rotatable bonds is 11. The third-order valence-corrected chi connectivity index (χ3v) is 10.2. The minimum atomic E-state index is -4.06. The number of thioether (sulfide) groups is 1. The first kappa shape index (κ1) is 28.9. The van der Waals surface area contributed by atoms with Gasteiger partial charge in [0.15, 0.2) is 6.54 Å². The van der Waals surface area contributed by atoms with Crippen LogP contribution in [0.25, 0.3) is 38.2 Å². The summed E-state index contributed by atoms with van der Waals surface area (Å²) in [6.07, 6.45) is 2.50. The van der Waals surface area contributed by atoms with Crippen molar-refractivity contribution < 1.29 is 22.3 Å². The van der Waals surface area contributed by atoms with Gasteiger partial charge in [-0.3, -0.25) is 4.55 Å². The molecule has 1 aromatic heterocycles. The Morgan fingerprint density at radius 3 is 2.57 bits per heavy atom. The molecule has 0 amide bonds. The van der Waals surface area contributed by atoms with Crippen LogP contribution in [0.1, 0.15) is 11.4 Å². The number of hydrogen-bond donors (Lipinski definition) is 2. The SMILES string of the molecule is NCCOCCN1C(=Cc2sc3ccc4ccccc4c3[n+]2CCCS(=O)(=O)O)Sc2ccc(-c3ccccc3)cc21. The van der Waals surface area contributed by atoms with Gasteiger partial charge in [0.2, 0.25) is 5.52 Å². The van der Waals surface area contributed by atoms with E-state index in [1.54, 1.807) is 23.1 Å². The maximum atomic E-state index is 11.6. The highest BCUT2D eigenvalue weighted by Crippen LogP contribution is 2.48. The average Bonchev–Trinajstić information content (AvgIpc) is 3.52. The average molecular weight is 619 g/mol. The van der Waals surface area contributed by atoms with Crippen LogP contribution in [-0.2, 0) is 21.4 Å². The molecule has 7 nitrogen and oxygen atoms in total. The summed E-state index contributed by atoms with van der Waals surface area (Å²) >= 11 is 3.40. The highest BCUT2D eigenvalue weighted by molar-refractivity contribution is 8.03. The summed E-state index contributed by atoms with van der Waals surface area (Å²) in [5.41, 5.74) is 10.2. The third-order valence-electron chi connectivity index (χ3n) is 7.20. The number of nitrogens with zero attached hydrogens (tertiary/aromatic N) is 2. The van der Waals surface area contributed by atoms with Crippen LogP contribution in [0.5, 0.6) is 0 Å². The lowest BCUT2D eigenvalue weighted by Crippen LogP contribution is -2.36. The summed E-state index contributed by atoms with van der Waals surface area (Å²) < 4.78 is 41.6. The van der Waals surface area contributed by atoms with Gasteiger partial charge in [-0.2, -0.15) is 13.0 Å². The van der Waals surface area contributed by atoms with Crippen molar-refractivity contribution in [3.63, 3.8) is 0 Å². The number of fused-ring (bicyclic) bond motifs is 4. The fraction of sp³-hybridized carbons (Fsp3) is 0.219. The minimum Gasteiger partial charge on any atom is -0.378 e. The van der Waals surface area contributed by atoms with Crippen molar-refractivity contribution in [1.82, 2.24) is 0 Å². The Hall–Kier alpha value is -3.25. The van der Waals surface area contributed by atoms with Gasteiger partial charge < -0.3 is 15.4 Å². The van der Waals surface area contributed by atoms with E-state index in [2.05, 4.69) is 70.1 Å². The molecule has 0 bridgehead atoms. The highest BCUT2D eigenvalue weighted by atomic mass is 32.2. The number of aryl methyl sites for hydroxylation is 1. The van der Waals surface area contributed by atoms with Gasteiger partial charge in [0.25, 0.3) is 15.1 Å². The fourth-order valence-corrected chi connectivity index (χ4v) is 8.12. The number of thiazole rings is 1. The van der Waals surface area contributed by atoms with Gasteiger partial charge in [0.05, 0.1) is 41.1 Å². The Bertz CT molecular complexity index is 1870. The molecule has 4 aromatic carbocycles. The molecule has 0 fully saturated rings. The molecule has 1 aliphatic rings. The number of aromatic nitrogens is 1. The van der Waals surface area contributed by atoms with E-state index in [-0.39, 0.29) is 5.75 Å². The first-order chi connectivity index (χ1) is 20.4. The van der Waals surface area contributed by atoms with E-state index in [0.717, 1.165) is 47.8 Å². The molecule has 2 heterocycles. The summed E-state index contributed by atoms with van der Waals surface area (Å²) in [5.74, 6) is -0.287. The van der Waals surface area contributed by atoms with Gasteiger partial charge in [-0.1, -0.05) is 83.8 Å². The van der Waals surface area contributed by atoms with Crippen molar-refractivity contribution in [3.8, 4) is 11.1 Å². The van der Waals surface area contributed by atoms with Crippen LogP contribution in [0.3, 0.4) is 0 Å². The van der Waals surface area contributed by atoms with Gasteiger partial charge >= 0.3 is 0 Å². The first-order valence-corrected chi connectivity index (χ1v) is 17.1. The number of hydrogen-bond acceptors (Lipinski definition) is 7. The molecular weight excluding hydrogens is 587 g/mol. The second-order valence-corrected chi connectivity index (χ2v) is 13.7. The Labute approximate surface area is 254 Å². The molecule has 5 aromatic rings. The Balaban J connectivity index is 1.43. The van der Waals surface area contributed by atoms with Crippen molar-refractivity contribution in [3.05, 3.63) is 95.0 Å². The number of ether oxygens (including phenoxy) is 1. The summed E-state index contributed by atoms with van der Waals surface area (Å²) in [6.45, 7) is 2.65. The lowest BCUT2D eigenvalue weighted by atomic mass is 10.0. The zero-order chi connectivity index (χ0) is 29.1. The monoisotopic (exact) mass is 618 g/mol. The van der Waals surface area contributed by atoms with Crippen LogP contribution >= 0.6 is 23.1 Å². The zero-order valence-electron chi connectivity index (χ0n) is 23.0. The Morgan fingerprint density at radius 2 is 1.76 bits per heavy atom. The second kappa shape index (κ2) is 12.5. The van der Waals surface area contributed by atoms with E-state index in [0.29, 0.717) is 39.3 Å². The topological polar surface area (TPSA) is 96.7 Å². The molecule has 0 radical (unpaired) electrons. The van der Waals surface area contributed by atoms with Crippen LogP contribution in [-0.4, -0.2) is 45.0 Å². The van der Waals surface area contributed by atoms with E-state index in [9.17, 15) is 13.0 Å². The standard InChI is InChI=1S/C32H31N3O4S3/c33-15-18-39-19-17-34-27-21-25(23-7-2-1-3-8-23)12-13-28(27)40-30(34)22-31-35(16-6-20-42(36,37)38)32-26-10-5-4-9-24(26)11-14-29(32)41-31/h1-5,7-14,21-22H,6,15-20,33H2/p+1. The molecule has 0 unspecified atom stereocenters. The maximum absolute atomic E-state index is 11.6. The van der Waals surface area contributed by atoms with E-state index < -0.39 is 10.1 Å². The fourth-order valence-electron chi connectivity index (χ4n) is 5.30. The van der Waals surface area contributed by atoms with Gasteiger partial charge in [-0.05, 0) is 40.8 Å². The second-order valence-electron chi connectivity index (χ2n) is 10.1. The quantitative estimate of drug-likeness (QED) is 0.104. The van der Waals surface area contributed by atoms with Crippen molar-refractivity contribution in [2.45, 2.75) is 17.9 Å². The van der Waals surface area contributed by atoms with E-state index in [1.165, 1.54) is 4.90 Å². The molecule has 0 atom stereocenters.